The van der Waals surface area contributed by atoms with E-state index in [1.54, 1.807) is 37.3 Å². The molecule has 0 aromatic heterocycles. The first kappa shape index (κ1) is 11.3. The number of halogens is 1. The third-order valence-corrected chi connectivity index (χ3v) is 1.73. The van der Waals surface area contributed by atoms with Gasteiger partial charge in [0.05, 0.1) is 5.56 Å². The molecule has 0 aliphatic heterocycles. The number of carbonyl (C=O) groups excluding carboxylic acids is 1. The van der Waals surface area contributed by atoms with Crippen LogP contribution in [0.25, 0.3) is 0 Å². The first-order valence-electron chi connectivity index (χ1n) is 4.65. The summed E-state index contributed by atoms with van der Waals surface area (Å²) in [6, 6.07) is 8.44. The van der Waals surface area contributed by atoms with Crippen molar-refractivity contribution in [3.63, 3.8) is 0 Å². The summed E-state index contributed by atoms with van der Waals surface area (Å²) in [5.74, 6) is 1.61. The maximum Gasteiger partial charge on any atom is 0.352 e. The highest BCUT2D eigenvalue weighted by Gasteiger charge is 2.04. The van der Waals surface area contributed by atoms with Crippen molar-refractivity contribution < 1.29 is 13.9 Å². The van der Waals surface area contributed by atoms with E-state index in [1.807, 2.05) is 0 Å². The number of carbonyl (C=O) groups is 1. The topological polar surface area (TPSA) is 26.3 Å². The minimum Gasteiger partial charge on any atom is -0.368 e. The highest BCUT2D eigenvalue weighted by atomic mass is 19.1. The molecule has 1 atom stereocenters. The monoisotopic (exact) mass is 206 g/mol. The highest BCUT2D eigenvalue weighted by molar-refractivity contribution is 5.89. The summed E-state index contributed by atoms with van der Waals surface area (Å²) >= 11 is 0. The van der Waals surface area contributed by atoms with Gasteiger partial charge in [0.15, 0.2) is 6.17 Å². The van der Waals surface area contributed by atoms with E-state index >= 15 is 0 Å². The third kappa shape index (κ3) is 3.82. The minimum atomic E-state index is -1.24. The zero-order valence-electron chi connectivity index (χ0n) is 8.37. The van der Waals surface area contributed by atoms with Gasteiger partial charge in [0, 0.05) is 0 Å². The van der Waals surface area contributed by atoms with Crippen LogP contribution in [-0.4, -0.2) is 12.1 Å². The maximum absolute atomic E-state index is 12.6. The molecule has 0 radical (unpaired) electrons. The Bertz CT molecular complexity index is 376. The van der Waals surface area contributed by atoms with E-state index in [0.717, 1.165) is 0 Å². The van der Waals surface area contributed by atoms with Crippen LogP contribution in [0.1, 0.15) is 23.7 Å². The predicted octanol–water partition coefficient (Wildman–Crippen LogP) is 2.55. The van der Waals surface area contributed by atoms with Crippen LogP contribution >= 0.6 is 0 Å². The molecular formula is C12H11FO2. The van der Waals surface area contributed by atoms with Crippen LogP contribution in [0, 0.1) is 12.0 Å². The average Bonchev–Trinajstić information content (AvgIpc) is 2.29. The standard InChI is InChI=1S/C12H11FO2/c1-2-11(13)8-9-15-12(14)10-6-4-3-5-7-10/h3-7,11H,2H2,1H3. The smallest absolute Gasteiger partial charge is 0.352 e. The number of rotatable bonds is 2. The highest BCUT2D eigenvalue weighted by Crippen LogP contribution is 2.00. The molecule has 0 aliphatic rings. The predicted molar refractivity (Wildman–Crippen MR) is 54.8 cm³/mol. The van der Waals surface area contributed by atoms with Gasteiger partial charge < -0.3 is 4.74 Å². The second-order valence-corrected chi connectivity index (χ2v) is 2.88. The molecule has 0 fully saturated rings. The largest absolute Gasteiger partial charge is 0.368 e. The fourth-order valence-corrected chi connectivity index (χ4v) is 0.875. The van der Waals surface area contributed by atoms with Crippen LogP contribution in [0.2, 0.25) is 0 Å². The Hall–Kier alpha value is -1.82. The van der Waals surface area contributed by atoms with Gasteiger partial charge in [-0.25, -0.2) is 9.18 Å². The van der Waals surface area contributed by atoms with Crippen molar-refractivity contribution in [2.24, 2.45) is 0 Å². The van der Waals surface area contributed by atoms with E-state index < -0.39 is 12.1 Å². The van der Waals surface area contributed by atoms with Crippen LogP contribution in [0.4, 0.5) is 4.39 Å². The van der Waals surface area contributed by atoms with E-state index in [9.17, 15) is 9.18 Å². The Morgan fingerprint density at radius 2 is 2.13 bits per heavy atom. The van der Waals surface area contributed by atoms with Crippen molar-refractivity contribution in [1.29, 1.82) is 0 Å². The summed E-state index contributed by atoms with van der Waals surface area (Å²) < 4.78 is 17.2. The molecule has 0 bridgehead atoms. The molecule has 0 N–H and O–H groups in total. The second kappa shape index (κ2) is 5.82. The van der Waals surface area contributed by atoms with E-state index in [-0.39, 0.29) is 6.42 Å². The van der Waals surface area contributed by atoms with Gasteiger partial charge >= 0.3 is 5.97 Å². The first-order valence-corrected chi connectivity index (χ1v) is 4.65. The molecule has 2 nitrogen and oxygen atoms in total. The minimum absolute atomic E-state index is 0.288. The molecule has 1 rings (SSSR count). The van der Waals surface area contributed by atoms with Crippen molar-refractivity contribution in [1.82, 2.24) is 0 Å². The van der Waals surface area contributed by atoms with Gasteiger partial charge in [-0.2, -0.15) is 0 Å². The Kier molecular flexibility index (Phi) is 4.36. The number of esters is 1. The molecule has 0 heterocycles. The fourth-order valence-electron chi connectivity index (χ4n) is 0.875. The molecule has 1 aromatic carbocycles. The summed E-state index contributed by atoms with van der Waals surface area (Å²) in [5, 5.41) is 0. The van der Waals surface area contributed by atoms with Gasteiger partial charge in [0.1, 0.15) is 6.11 Å². The van der Waals surface area contributed by atoms with Crippen molar-refractivity contribution >= 4 is 5.97 Å². The average molecular weight is 206 g/mol. The molecular weight excluding hydrogens is 195 g/mol. The molecule has 78 valence electrons. The molecule has 1 unspecified atom stereocenters. The van der Waals surface area contributed by atoms with Gasteiger partial charge in [-0.15, -0.1) is 0 Å². The van der Waals surface area contributed by atoms with Gasteiger partial charge in [0.25, 0.3) is 0 Å². The normalized spacial score (nSPS) is 11.1. The quantitative estimate of drug-likeness (QED) is 0.549. The van der Waals surface area contributed by atoms with Gasteiger partial charge in [-0.1, -0.05) is 25.1 Å². The lowest BCUT2D eigenvalue weighted by atomic mass is 10.2. The SMILES string of the molecule is CCC(F)C#COC(=O)c1ccccc1. The van der Waals surface area contributed by atoms with Crippen LogP contribution in [-0.2, 0) is 4.74 Å². The van der Waals surface area contributed by atoms with Crippen molar-refractivity contribution in [2.75, 3.05) is 0 Å². The Morgan fingerprint density at radius 3 is 2.73 bits per heavy atom. The summed E-state index contributed by atoms with van der Waals surface area (Å²) in [6.07, 6.45) is 1.11. The van der Waals surface area contributed by atoms with Gasteiger partial charge in [-0.3, -0.25) is 0 Å². The maximum atomic E-state index is 12.6. The van der Waals surface area contributed by atoms with Gasteiger partial charge in [0.2, 0.25) is 0 Å². The summed E-state index contributed by atoms with van der Waals surface area (Å²) in [5.41, 5.74) is 0.402. The number of hydrogen-bond donors (Lipinski definition) is 0. The Balaban J connectivity index is 2.53. The second-order valence-electron chi connectivity index (χ2n) is 2.88. The van der Waals surface area contributed by atoms with Crippen molar-refractivity contribution in [3.05, 3.63) is 35.9 Å². The zero-order chi connectivity index (χ0) is 11.1. The van der Waals surface area contributed by atoms with E-state index in [0.29, 0.717) is 5.56 Å². The number of hydrogen-bond acceptors (Lipinski definition) is 2. The van der Waals surface area contributed by atoms with E-state index in [1.165, 1.54) is 0 Å². The van der Waals surface area contributed by atoms with Gasteiger partial charge in [-0.05, 0) is 24.5 Å². The summed E-state index contributed by atoms with van der Waals surface area (Å²) in [6.45, 7) is 1.67. The third-order valence-electron chi connectivity index (χ3n) is 1.73. The number of benzene rings is 1. The summed E-state index contributed by atoms with van der Waals surface area (Å²) in [7, 11) is 0. The fraction of sp³-hybridized carbons (Fsp3) is 0.250. The number of alkyl halides is 1. The van der Waals surface area contributed by atoms with Crippen molar-refractivity contribution in [2.45, 2.75) is 19.5 Å². The number of ether oxygens (including phenoxy) is 1. The molecule has 0 saturated carbocycles. The molecule has 0 spiro atoms. The zero-order valence-corrected chi connectivity index (χ0v) is 8.37. The van der Waals surface area contributed by atoms with E-state index in [2.05, 4.69) is 16.8 Å². The Labute approximate surface area is 88.1 Å². The lowest BCUT2D eigenvalue weighted by Gasteiger charge is -1.95. The summed E-state index contributed by atoms with van der Waals surface area (Å²) in [4.78, 5) is 11.3. The molecule has 0 amide bonds. The van der Waals surface area contributed by atoms with E-state index in [4.69, 9.17) is 0 Å². The molecule has 1 aromatic rings. The van der Waals surface area contributed by atoms with Crippen LogP contribution in [0.15, 0.2) is 30.3 Å². The molecule has 0 saturated heterocycles. The van der Waals surface area contributed by atoms with Crippen LogP contribution in [0.3, 0.4) is 0 Å². The van der Waals surface area contributed by atoms with Crippen molar-refractivity contribution in [3.8, 4) is 12.0 Å². The molecule has 3 heteroatoms. The van der Waals surface area contributed by atoms with Crippen LogP contribution < -0.4 is 0 Å². The Morgan fingerprint density at radius 1 is 1.47 bits per heavy atom. The van der Waals surface area contributed by atoms with Crippen LogP contribution in [0.5, 0.6) is 0 Å². The molecule has 15 heavy (non-hydrogen) atoms. The lowest BCUT2D eigenvalue weighted by molar-refractivity contribution is 0.0690. The first-order chi connectivity index (χ1) is 7.24. The molecule has 0 aliphatic carbocycles. The lowest BCUT2D eigenvalue weighted by Crippen LogP contribution is -2.01.